The second-order valence-corrected chi connectivity index (χ2v) is 8.15. The maximum absolute atomic E-state index is 12.8. The molecule has 8 heteroatoms. The number of rotatable bonds is 6. The Bertz CT molecular complexity index is 1430. The predicted molar refractivity (Wildman–Crippen MR) is 126 cm³/mol. The fourth-order valence-corrected chi connectivity index (χ4v) is 4.12. The molecule has 0 radical (unpaired) electrons. The smallest absolute Gasteiger partial charge is 0.411 e. The van der Waals surface area contributed by atoms with E-state index in [1.807, 2.05) is 66.0 Å². The van der Waals surface area contributed by atoms with Crippen LogP contribution in [-0.4, -0.2) is 26.5 Å². The molecule has 1 amide bonds. The Morgan fingerprint density at radius 2 is 1.88 bits per heavy atom. The molecular weight excluding hydrogens is 436 g/mol. The first-order valence-electron chi connectivity index (χ1n) is 10.2. The van der Waals surface area contributed by atoms with Crippen LogP contribution in [0.2, 0.25) is 0 Å². The van der Waals surface area contributed by atoms with Gasteiger partial charge in [-0.1, -0.05) is 48.5 Å². The van der Waals surface area contributed by atoms with Gasteiger partial charge in [0.1, 0.15) is 6.61 Å². The number of anilines is 1. The molecule has 0 spiro atoms. The van der Waals surface area contributed by atoms with Crippen LogP contribution in [0.15, 0.2) is 90.6 Å². The van der Waals surface area contributed by atoms with Crippen LogP contribution >= 0.6 is 11.3 Å². The van der Waals surface area contributed by atoms with Gasteiger partial charge in [-0.15, -0.1) is 11.3 Å². The Morgan fingerprint density at radius 1 is 1.00 bits per heavy atom. The molecule has 0 atom stereocenters. The molecule has 3 aromatic heterocycles. The number of carbonyl (C=O) groups excluding carboxylic acids is 2. The minimum absolute atomic E-state index is 0.110. The third-order valence-electron chi connectivity index (χ3n) is 5.01. The van der Waals surface area contributed by atoms with Crippen LogP contribution in [0.1, 0.15) is 20.8 Å². The zero-order valence-electron chi connectivity index (χ0n) is 17.3. The summed E-state index contributed by atoms with van der Waals surface area (Å²) in [4.78, 5) is 30.1. The van der Waals surface area contributed by atoms with Gasteiger partial charge in [-0.3, -0.25) is 10.1 Å². The number of nitrogens with one attached hydrogen (secondary N) is 1. The molecule has 0 aliphatic carbocycles. The highest BCUT2D eigenvalue weighted by Gasteiger charge is 2.18. The number of nitrogens with zero attached hydrogens (tertiary/aromatic N) is 3. The normalized spacial score (nSPS) is 10.8. The van der Waals surface area contributed by atoms with E-state index in [1.165, 1.54) is 17.5 Å². The lowest BCUT2D eigenvalue weighted by molar-refractivity contribution is 0.104. The predicted octanol–water partition coefficient (Wildman–Crippen LogP) is 5.44. The number of hydrogen-bond donors (Lipinski definition) is 1. The molecule has 1 N–H and O–H groups in total. The van der Waals surface area contributed by atoms with Crippen LogP contribution in [-0.2, 0) is 11.3 Å². The molecule has 7 nitrogen and oxygen atoms in total. The number of ketones is 1. The van der Waals surface area contributed by atoms with Crippen molar-refractivity contribution in [3.05, 3.63) is 107 Å². The molecular formula is C25H18N4O3S. The van der Waals surface area contributed by atoms with Gasteiger partial charge < -0.3 is 4.74 Å². The Balaban J connectivity index is 1.38. The standard InChI is InChI=1S/C25H18N4O3S/c30-23(22-10-5-13-33-22)20-15-27-29-21(11-12-26-24(20)29)18-8-4-9-19(14-18)28-25(31)32-16-17-6-2-1-3-7-17/h1-15H,16H2,(H,28,31). The summed E-state index contributed by atoms with van der Waals surface area (Å²) in [6, 6.07) is 22.2. The highest BCUT2D eigenvalue weighted by atomic mass is 32.1. The van der Waals surface area contributed by atoms with Crippen molar-refractivity contribution in [3.8, 4) is 11.3 Å². The van der Waals surface area contributed by atoms with Gasteiger partial charge in [-0.05, 0) is 35.2 Å². The van der Waals surface area contributed by atoms with E-state index in [4.69, 9.17) is 4.74 Å². The lowest BCUT2D eigenvalue weighted by Crippen LogP contribution is -2.13. The van der Waals surface area contributed by atoms with Crippen molar-refractivity contribution in [2.45, 2.75) is 6.61 Å². The van der Waals surface area contributed by atoms with E-state index in [0.717, 1.165) is 16.8 Å². The molecule has 0 aliphatic heterocycles. The van der Waals surface area contributed by atoms with Gasteiger partial charge in [0.2, 0.25) is 5.78 Å². The number of aromatic nitrogens is 3. The van der Waals surface area contributed by atoms with Crippen molar-refractivity contribution in [1.29, 1.82) is 0 Å². The van der Waals surface area contributed by atoms with Crippen LogP contribution in [0.4, 0.5) is 10.5 Å². The molecule has 162 valence electrons. The third-order valence-corrected chi connectivity index (χ3v) is 5.88. The monoisotopic (exact) mass is 454 g/mol. The van der Waals surface area contributed by atoms with Crippen molar-refractivity contribution in [2.24, 2.45) is 0 Å². The summed E-state index contributed by atoms with van der Waals surface area (Å²) in [6.07, 6.45) is 2.64. The molecule has 5 rings (SSSR count). The summed E-state index contributed by atoms with van der Waals surface area (Å²) >= 11 is 1.38. The molecule has 5 aromatic rings. The molecule has 33 heavy (non-hydrogen) atoms. The van der Waals surface area contributed by atoms with Crippen LogP contribution < -0.4 is 5.32 Å². The lowest BCUT2D eigenvalue weighted by atomic mass is 10.1. The zero-order valence-corrected chi connectivity index (χ0v) is 18.2. The first-order chi connectivity index (χ1) is 16.2. The summed E-state index contributed by atoms with van der Waals surface area (Å²) < 4.78 is 6.93. The quantitative estimate of drug-likeness (QED) is 0.346. The fraction of sp³-hybridized carbons (Fsp3) is 0.0400. The minimum atomic E-state index is -0.543. The molecule has 0 saturated carbocycles. The molecule has 0 aliphatic rings. The third kappa shape index (κ3) is 4.37. The summed E-state index contributed by atoms with van der Waals surface area (Å²) in [5.74, 6) is -0.110. The highest BCUT2D eigenvalue weighted by molar-refractivity contribution is 7.12. The van der Waals surface area contributed by atoms with Crippen molar-refractivity contribution >= 4 is 34.5 Å². The number of thiophene rings is 1. The summed E-state index contributed by atoms with van der Waals surface area (Å²) in [5, 5.41) is 9.02. The Labute approximate surface area is 193 Å². The molecule has 3 heterocycles. The van der Waals surface area contributed by atoms with Gasteiger partial charge in [-0.2, -0.15) is 5.10 Å². The molecule has 0 fully saturated rings. The number of amides is 1. The van der Waals surface area contributed by atoms with Gasteiger partial charge in [0.15, 0.2) is 5.65 Å². The van der Waals surface area contributed by atoms with E-state index >= 15 is 0 Å². The molecule has 0 bridgehead atoms. The van der Waals surface area contributed by atoms with Crippen LogP contribution in [0.3, 0.4) is 0 Å². The second kappa shape index (κ2) is 9.05. The number of carbonyl (C=O) groups is 2. The largest absolute Gasteiger partial charge is 0.444 e. The van der Waals surface area contributed by atoms with Crippen LogP contribution in [0.25, 0.3) is 16.9 Å². The summed E-state index contributed by atoms with van der Waals surface area (Å²) in [6.45, 7) is 0.186. The first-order valence-corrected chi connectivity index (χ1v) is 11.1. The van der Waals surface area contributed by atoms with Crippen molar-refractivity contribution in [1.82, 2.24) is 14.6 Å². The highest BCUT2D eigenvalue weighted by Crippen LogP contribution is 2.25. The van der Waals surface area contributed by atoms with Gasteiger partial charge in [0.25, 0.3) is 0 Å². The van der Waals surface area contributed by atoms with Crippen molar-refractivity contribution < 1.29 is 14.3 Å². The van der Waals surface area contributed by atoms with E-state index in [-0.39, 0.29) is 12.4 Å². The Kier molecular flexibility index (Phi) is 5.65. The summed E-state index contributed by atoms with van der Waals surface area (Å²) in [7, 11) is 0. The van der Waals surface area contributed by atoms with Gasteiger partial charge in [0.05, 0.1) is 22.3 Å². The van der Waals surface area contributed by atoms with E-state index < -0.39 is 6.09 Å². The van der Waals surface area contributed by atoms with E-state index in [2.05, 4.69) is 15.4 Å². The van der Waals surface area contributed by atoms with E-state index in [1.54, 1.807) is 22.8 Å². The maximum Gasteiger partial charge on any atom is 0.411 e. The minimum Gasteiger partial charge on any atom is -0.444 e. The lowest BCUT2D eigenvalue weighted by Gasteiger charge is -2.10. The fourth-order valence-electron chi connectivity index (χ4n) is 3.44. The molecule has 0 unspecified atom stereocenters. The number of hydrogen-bond acceptors (Lipinski definition) is 6. The average Bonchev–Trinajstić information content (AvgIpc) is 3.54. The van der Waals surface area contributed by atoms with Crippen LogP contribution in [0, 0.1) is 0 Å². The average molecular weight is 455 g/mol. The number of fused-ring (bicyclic) bond motifs is 1. The SMILES string of the molecule is O=C(Nc1cccc(-c2ccnc3c(C(=O)c4cccs4)cnn23)c1)OCc1ccccc1. The zero-order chi connectivity index (χ0) is 22.6. The first kappa shape index (κ1) is 20.6. The van der Waals surface area contributed by atoms with Crippen molar-refractivity contribution in [2.75, 3.05) is 5.32 Å². The van der Waals surface area contributed by atoms with Crippen LogP contribution in [0.5, 0.6) is 0 Å². The topological polar surface area (TPSA) is 85.6 Å². The molecule has 2 aromatic carbocycles. The van der Waals surface area contributed by atoms with E-state index in [9.17, 15) is 9.59 Å². The number of ether oxygens (including phenoxy) is 1. The van der Waals surface area contributed by atoms with E-state index in [0.29, 0.717) is 21.8 Å². The summed E-state index contributed by atoms with van der Waals surface area (Å²) in [5.41, 5.74) is 3.96. The Hall–Kier alpha value is -4.30. The van der Waals surface area contributed by atoms with Crippen molar-refractivity contribution in [3.63, 3.8) is 0 Å². The Morgan fingerprint density at radius 3 is 2.70 bits per heavy atom. The van der Waals surface area contributed by atoms with Gasteiger partial charge in [0, 0.05) is 17.4 Å². The number of benzene rings is 2. The molecule has 0 saturated heterocycles. The second-order valence-electron chi connectivity index (χ2n) is 7.20. The van der Waals surface area contributed by atoms with Gasteiger partial charge in [-0.25, -0.2) is 14.3 Å². The van der Waals surface area contributed by atoms with Gasteiger partial charge >= 0.3 is 6.09 Å². The maximum atomic E-state index is 12.8.